The second-order valence-corrected chi connectivity index (χ2v) is 5.85. The fraction of sp³-hybridized carbons (Fsp3) is 0. The molecule has 0 atom stereocenters. The van der Waals surface area contributed by atoms with Crippen LogP contribution in [0.15, 0.2) is 56.6 Å². The molecule has 24 heavy (non-hydrogen) atoms. The molecule has 2 aromatic heterocycles. The molecule has 4 rings (SSSR count). The van der Waals surface area contributed by atoms with Crippen LogP contribution in [-0.4, -0.2) is 5.90 Å². The number of hydrazone groups is 1. The highest BCUT2D eigenvalue weighted by Gasteiger charge is 2.20. The smallest absolute Gasteiger partial charge is 0.281 e. The van der Waals surface area contributed by atoms with Crippen LogP contribution in [0.4, 0.5) is 0 Å². The highest BCUT2D eigenvalue weighted by Crippen LogP contribution is 2.29. The lowest BCUT2D eigenvalue weighted by Crippen LogP contribution is -2.25. The number of benzene rings is 1. The van der Waals surface area contributed by atoms with Crippen LogP contribution >= 0.6 is 23.2 Å². The molecule has 0 fully saturated rings. The summed E-state index contributed by atoms with van der Waals surface area (Å²) in [5.74, 6) is 1.82. The highest BCUT2D eigenvalue weighted by molar-refractivity contribution is 6.36. The summed E-state index contributed by atoms with van der Waals surface area (Å²) in [6, 6.07) is 10.5. The SMILES string of the molecule is C=c1oc(-c2ccc(Cl)cc2Cl)cc1=C1NN=C(c2ccco2)O1. The first-order chi connectivity index (χ1) is 11.6. The molecule has 3 aromatic rings. The summed E-state index contributed by atoms with van der Waals surface area (Å²) in [5.41, 5.74) is 3.95. The van der Waals surface area contributed by atoms with E-state index in [1.165, 1.54) is 0 Å². The van der Waals surface area contributed by atoms with Gasteiger partial charge in [-0.2, -0.15) is 0 Å². The molecule has 1 aliphatic rings. The summed E-state index contributed by atoms with van der Waals surface area (Å²) in [4.78, 5) is 0. The fourth-order valence-corrected chi connectivity index (χ4v) is 2.81. The van der Waals surface area contributed by atoms with Crippen molar-refractivity contribution in [3.63, 3.8) is 0 Å². The van der Waals surface area contributed by atoms with Gasteiger partial charge in [-0.05, 0) is 36.4 Å². The van der Waals surface area contributed by atoms with Gasteiger partial charge in [0.25, 0.3) is 5.90 Å². The second kappa shape index (κ2) is 5.78. The number of furan rings is 2. The third-order valence-corrected chi connectivity index (χ3v) is 3.99. The van der Waals surface area contributed by atoms with Gasteiger partial charge in [0.1, 0.15) is 11.2 Å². The Labute approximate surface area is 146 Å². The van der Waals surface area contributed by atoms with Gasteiger partial charge in [-0.1, -0.05) is 29.8 Å². The summed E-state index contributed by atoms with van der Waals surface area (Å²) in [7, 11) is 0. The van der Waals surface area contributed by atoms with E-state index in [1.54, 1.807) is 42.7 Å². The number of ether oxygens (including phenoxy) is 1. The number of hydrogen-bond acceptors (Lipinski definition) is 5. The molecular weight excluding hydrogens is 351 g/mol. The van der Waals surface area contributed by atoms with Gasteiger partial charge in [0.2, 0.25) is 5.88 Å². The maximum Gasteiger partial charge on any atom is 0.281 e. The topological polar surface area (TPSA) is 59.9 Å². The van der Waals surface area contributed by atoms with E-state index >= 15 is 0 Å². The molecule has 0 unspecified atom stereocenters. The molecule has 0 radical (unpaired) electrons. The summed E-state index contributed by atoms with van der Waals surface area (Å²) in [6.07, 6.45) is 1.55. The number of rotatable bonds is 2. The molecule has 0 aliphatic carbocycles. The van der Waals surface area contributed by atoms with Gasteiger partial charge < -0.3 is 13.6 Å². The monoisotopic (exact) mass is 360 g/mol. The molecular formula is C17H10Cl2N2O3. The molecule has 1 N–H and O–H groups in total. The van der Waals surface area contributed by atoms with E-state index in [0.717, 1.165) is 0 Å². The van der Waals surface area contributed by atoms with E-state index in [-0.39, 0.29) is 0 Å². The van der Waals surface area contributed by atoms with E-state index in [0.29, 0.717) is 49.5 Å². The molecule has 3 heterocycles. The van der Waals surface area contributed by atoms with Crippen LogP contribution in [0.5, 0.6) is 0 Å². The van der Waals surface area contributed by atoms with Crippen molar-refractivity contribution >= 4 is 41.6 Å². The van der Waals surface area contributed by atoms with Crippen LogP contribution in [0.3, 0.4) is 0 Å². The van der Waals surface area contributed by atoms with Gasteiger partial charge in [0.15, 0.2) is 5.76 Å². The maximum absolute atomic E-state index is 6.22. The van der Waals surface area contributed by atoms with E-state index < -0.39 is 0 Å². The van der Waals surface area contributed by atoms with Crippen molar-refractivity contribution in [2.75, 3.05) is 0 Å². The van der Waals surface area contributed by atoms with Crippen LogP contribution in [0.2, 0.25) is 10.0 Å². The number of nitrogens with one attached hydrogen (secondary N) is 1. The Bertz CT molecular complexity index is 1050. The van der Waals surface area contributed by atoms with Gasteiger partial charge in [0, 0.05) is 10.6 Å². The van der Waals surface area contributed by atoms with Gasteiger partial charge in [-0.25, -0.2) is 5.43 Å². The normalized spacial score (nSPS) is 15.8. The average Bonchev–Trinajstić information content (AvgIpc) is 3.26. The van der Waals surface area contributed by atoms with Gasteiger partial charge in [-0.3, -0.25) is 0 Å². The Morgan fingerprint density at radius 3 is 2.71 bits per heavy atom. The largest absolute Gasteiger partial charge is 0.459 e. The van der Waals surface area contributed by atoms with E-state index in [4.69, 9.17) is 36.8 Å². The second-order valence-electron chi connectivity index (χ2n) is 5.01. The molecule has 120 valence electrons. The Hall–Kier alpha value is -2.63. The minimum atomic E-state index is 0.335. The van der Waals surface area contributed by atoms with Gasteiger partial charge in [0.05, 0.1) is 16.5 Å². The zero-order chi connectivity index (χ0) is 16.7. The third kappa shape index (κ3) is 2.58. The first-order valence-corrected chi connectivity index (χ1v) is 7.71. The molecule has 1 aliphatic heterocycles. The first-order valence-electron chi connectivity index (χ1n) is 6.96. The predicted octanol–water partition coefficient (Wildman–Crippen LogP) is 3.30. The van der Waals surface area contributed by atoms with Crippen molar-refractivity contribution in [3.8, 4) is 11.3 Å². The maximum atomic E-state index is 6.22. The van der Waals surface area contributed by atoms with Crippen molar-refractivity contribution < 1.29 is 13.6 Å². The van der Waals surface area contributed by atoms with Gasteiger partial charge >= 0.3 is 0 Å². The average molecular weight is 361 g/mol. The Morgan fingerprint density at radius 1 is 1.08 bits per heavy atom. The highest BCUT2D eigenvalue weighted by atomic mass is 35.5. The third-order valence-electron chi connectivity index (χ3n) is 3.44. The van der Waals surface area contributed by atoms with Crippen LogP contribution in [0.25, 0.3) is 23.8 Å². The van der Waals surface area contributed by atoms with E-state index in [2.05, 4.69) is 17.1 Å². The minimum Gasteiger partial charge on any atom is -0.459 e. The van der Waals surface area contributed by atoms with Crippen molar-refractivity contribution in [1.29, 1.82) is 0 Å². The lowest BCUT2D eigenvalue weighted by atomic mass is 10.2. The van der Waals surface area contributed by atoms with Crippen LogP contribution in [0, 0.1) is 0 Å². The summed E-state index contributed by atoms with van der Waals surface area (Å²) >= 11 is 12.1. The van der Waals surface area contributed by atoms with Crippen LogP contribution < -0.4 is 16.1 Å². The van der Waals surface area contributed by atoms with Crippen LogP contribution in [-0.2, 0) is 4.74 Å². The fourth-order valence-electron chi connectivity index (χ4n) is 2.31. The molecule has 0 saturated heterocycles. The van der Waals surface area contributed by atoms with Crippen LogP contribution in [0.1, 0.15) is 5.76 Å². The number of halogens is 2. The molecule has 0 amide bonds. The molecule has 0 saturated carbocycles. The predicted molar refractivity (Wildman–Crippen MR) is 91.8 cm³/mol. The van der Waals surface area contributed by atoms with E-state index in [1.807, 2.05) is 0 Å². The number of nitrogens with zero attached hydrogens (tertiary/aromatic N) is 1. The molecule has 1 aromatic carbocycles. The van der Waals surface area contributed by atoms with Crippen molar-refractivity contribution in [2.24, 2.45) is 5.10 Å². The van der Waals surface area contributed by atoms with Crippen molar-refractivity contribution in [2.45, 2.75) is 0 Å². The Morgan fingerprint density at radius 2 is 1.96 bits per heavy atom. The Balaban J connectivity index is 1.74. The quantitative estimate of drug-likeness (QED) is 0.761. The summed E-state index contributed by atoms with van der Waals surface area (Å²) in [6.45, 7) is 3.90. The number of hydrogen-bond donors (Lipinski definition) is 1. The van der Waals surface area contributed by atoms with Crippen molar-refractivity contribution in [1.82, 2.24) is 5.43 Å². The first kappa shape index (κ1) is 14.9. The van der Waals surface area contributed by atoms with E-state index in [9.17, 15) is 0 Å². The molecule has 0 spiro atoms. The summed E-state index contributed by atoms with van der Waals surface area (Å²) < 4.78 is 16.6. The molecule has 7 heteroatoms. The lowest BCUT2D eigenvalue weighted by Gasteiger charge is -2.00. The molecule has 0 bridgehead atoms. The zero-order valence-electron chi connectivity index (χ0n) is 12.2. The summed E-state index contributed by atoms with van der Waals surface area (Å²) in [5, 5.41) is 5.77. The van der Waals surface area contributed by atoms with Gasteiger partial charge in [-0.15, -0.1) is 5.10 Å². The standard InChI is InChI=1S/C17H10Cl2N2O3/c1-9-12(16-20-21-17(24-16)14-3-2-6-22-14)8-15(23-9)11-5-4-10(18)7-13(11)19/h2-8,20H,1H2. The zero-order valence-corrected chi connectivity index (χ0v) is 13.7. The minimum absolute atomic E-state index is 0.335. The van der Waals surface area contributed by atoms with Crippen molar-refractivity contribution in [3.05, 3.63) is 69.1 Å². The lowest BCUT2D eigenvalue weighted by molar-refractivity contribution is 0.469. The molecule has 5 nitrogen and oxygen atoms in total. The Kier molecular flexibility index (Phi) is 3.59.